The van der Waals surface area contributed by atoms with E-state index in [0.717, 1.165) is 48.1 Å². The third kappa shape index (κ3) is 4.55. The van der Waals surface area contributed by atoms with Crippen LogP contribution >= 0.6 is 0 Å². The Kier molecular flexibility index (Phi) is 6.75. The molecule has 0 atom stereocenters. The highest BCUT2D eigenvalue weighted by atomic mass is 16.5. The number of rotatable bonds is 9. The van der Waals surface area contributed by atoms with E-state index in [0.29, 0.717) is 0 Å². The highest BCUT2D eigenvalue weighted by Crippen LogP contribution is 2.27. The van der Waals surface area contributed by atoms with Gasteiger partial charge in [-0.25, -0.2) is 0 Å². The number of hydrogen-bond donors (Lipinski definition) is 1. The maximum atomic E-state index is 5.41. The molecule has 2 rings (SSSR count). The summed E-state index contributed by atoms with van der Waals surface area (Å²) in [7, 11) is 6.66. The van der Waals surface area contributed by atoms with Crippen molar-refractivity contribution >= 4 is 0 Å². The summed E-state index contributed by atoms with van der Waals surface area (Å²) >= 11 is 0. The van der Waals surface area contributed by atoms with Crippen LogP contribution in [0.15, 0.2) is 36.4 Å². The molecule has 0 unspecified atom stereocenters. The summed E-state index contributed by atoms with van der Waals surface area (Å²) in [6.45, 7) is 1.81. The first-order valence-corrected chi connectivity index (χ1v) is 7.95. The third-order valence-corrected chi connectivity index (χ3v) is 3.94. The highest BCUT2D eigenvalue weighted by molar-refractivity contribution is 5.43. The van der Waals surface area contributed by atoms with E-state index in [-0.39, 0.29) is 0 Å². The number of ether oxygens (including phenoxy) is 4. The molecule has 0 spiro atoms. The molecule has 0 saturated heterocycles. The van der Waals surface area contributed by atoms with Gasteiger partial charge >= 0.3 is 0 Å². The van der Waals surface area contributed by atoms with Crippen LogP contribution in [0.25, 0.3) is 0 Å². The molecule has 2 N–H and O–H groups in total. The predicted molar refractivity (Wildman–Crippen MR) is 93.3 cm³/mol. The fourth-order valence-corrected chi connectivity index (χ4v) is 2.60. The van der Waals surface area contributed by atoms with E-state index in [1.54, 1.807) is 28.4 Å². The number of hydrogen-bond acceptors (Lipinski definition) is 4. The Bertz CT molecular complexity index is 658. The summed E-state index contributed by atoms with van der Waals surface area (Å²) < 4.78 is 21.3. The average molecular weight is 332 g/mol. The highest BCUT2D eigenvalue weighted by Gasteiger charge is 2.08. The van der Waals surface area contributed by atoms with Crippen LogP contribution in [-0.2, 0) is 13.0 Å². The second-order valence-corrected chi connectivity index (χ2v) is 5.40. The summed E-state index contributed by atoms with van der Waals surface area (Å²) in [5.41, 5.74) is 2.35. The van der Waals surface area contributed by atoms with Crippen LogP contribution in [0.5, 0.6) is 23.0 Å². The number of quaternary nitrogens is 1. The molecule has 24 heavy (non-hydrogen) atoms. The minimum Gasteiger partial charge on any atom is -0.497 e. The van der Waals surface area contributed by atoms with Crippen LogP contribution in [0.4, 0.5) is 0 Å². The first-order chi connectivity index (χ1) is 11.7. The van der Waals surface area contributed by atoms with E-state index >= 15 is 0 Å². The lowest BCUT2D eigenvalue weighted by molar-refractivity contribution is -0.670. The van der Waals surface area contributed by atoms with Gasteiger partial charge in [0.25, 0.3) is 0 Å². The van der Waals surface area contributed by atoms with Crippen LogP contribution in [0, 0.1) is 0 Å². The van der Waals surface area contributed by atoms with Gasteiger partial charge in [0, 0.05) is 6.42 Å². The van der Waals surface area contributed by atoms with Crippen LogP contribution in [0.3, 0.4) is 0 Å². The van der Waals surface area contributed by atoms with Crippen molar-refractivity contribution in [3.8, 4) is 23.0 Å². The summed E-state index contributed by atoms with van der Waals surface area (Å²) in [6.07, 6.45) is 0.951. The normalized spacial score (nSPS) is 10.3. The van der Waals surface area contributed by atoms with E-state index in [1.165, 1.54) is 5.56 Å². The Labute approximate surface area is 143 Å². The Morgan fingerprint density at radius 3 is 2.12 bits per heavy atom. The molecule has 0 amide bonds. The summed E-state index contributed by atoms with van der Waals surface area (Å²) in [5, 5.41) is 2.26. The Morgan fingerprint density at radius 1 is 0.750 bits per heavy atom. The van der Waals surface area contributed by atoms with Gasteiger partial charge in [-0.15, -0.1) is 0 Å². The minimum atomic E-state index is 0.756. The van der Waals surface area contributed by atoms with E-state index in [2.05, 4.69) is 11.4 Å². The van der Waals surface area contributed by atoms with Crippen molar-refractivity contribution in [3.63, 3.8) is 0 Å². The standard InChI is InChI=1S/C19H25NO4/c1-21-16-6-8-17(22-2)15(12-16)13-20-10-9-14-5-7-18(23-3)19(11-14)24-4/h5-8,11-12,20H,9-10,13H2,1-4H3/p+1. The van der Waals surface area contributed by atoms with Crippen LogP contribution in [0.2, 0.25) is 0 Å². The molecule has 0 saturated carbocycles. The zero-order valence-corrected chi connectivity index (χ0v) is 14.8. The average Bonchev–Trinajstić information content (AvgIpc) is 2.64. The lowest BCUT2D eigenvalue weighted by atomic mass is 10.1. The van der Waals surface area contributed by atoms with Gasteiger partial charge in [-0.3, -0.25) is 0 Å². The zero-order chi connectivity index (χ0) is 17.4. The van der Waals surface area contributed by atoms with Crippen LogP contribution in [0.1, 0.15) is 11.1 Å². The van der Waals surface area contributed by atoms with Crippen molar-refractivity contribution in [2.24, 2.45) is 0 Å². The lowest BCUT2D eigenvalue weighted by Crippen LogP contribution is -2.83. The summed E-state index contributed by atoms with van der Waals surface area (Å²) in [6, 6.07) is 11.9. The van der Waals surface area contributed by atoms with Crippen molar-refractivity contribution in [2.45, 2.75) is 13.0 Å². The predicted octanol–water partition coefficient (Wildman–Crippen LogP) is 2.03. The summed E-state index contributed by atoms with van der Waals surface area (Å²) in [4.78, 5) is 0. The van der Waals surface area contributed by atoms with Crippen LogP contribution < -0.4 is 24.3 Å². The van der Waals surface area contributed by atoms with Gasteiger partial charge in [-0.1, -0.05) is 6.07 Å². The number of nitrogens with two attached hydrogens (primary N) is 1. The molecule has 5 nitrogen and oxygen atoms in total. The Morgan fingerprint density at radius 2 is 1.46 bits per heavy atom. The van der Waals surface area contributed by atoms with Crippen molar-refractivity contribution in [3.05, 3.63) is 47.5 Å². The molecule has 0 aliphatic heterocycles. The molecule has 0 radical (unpaired) electrons. The Hall–Kier alpha value is -2.40. The molecular weight excluding hydrogens is 306 g/mol. The number of methoxy groups -OCH3 is 4. The van der Waals surface area contributed by atoms with Crippen molar-refractivity contribution in [2.75, 3.05) is 35.0 Å². The maximum Gasteiger partial charge on any atom is 0.160 e. The molecule has 0 bridgehead atoms. The smallest absolute Gasteiger partial charge is 0.160 e. The fraction of sp³-hybridized carbons (Fsp3) is 0.368. The van der Waals surface area contributed by atoms with Gasteiger partial charge in [-0.2, -0.15) is 0 Å². The third-order valence-electron chi connectivity index (χ3n) is 3.94. The van der Waals surface area contributed by atoms with E-state index in [9.17, 15) is 0 Å². The largest absolute Gasteiger partial charge is 0.497 e. The monoisotopic (exact) mass is 332 g/mol. The van der Waals surface area contributed by atoms with Gasteiger partial charge in [0.15, 0.2) is 11.5 Å². The molecule has 130 valence electrons. The van der Waals surface area contributed by atoms with Crippen molar-refractivity contribution in [1.29, 1.82) is 0 Å². The molecule has 0 aliphatic carbocycles. The second kappa shape index (κ2) is 9.03. The van der Waals surface area contributed by atoms with E-state index in [1.807, 2.05) is 30.3 Å². The molecule has 5 heteroatoms. The van der Waals surface area contributed by atoms with Gasteiger partial charge in [0.2, 0.25) is 0 Å². The molecule has 2 aromatic rings. The first-order valence-electron chi connectivity index (χ1n) is 7.95. The first kappa shape index (κ1) is 17.9. The van der Waals surface area contributed by atoms with Crippen molar-refractivity contribution < 1.29 is 24.3 Å². The zero-order valence-electron chi connectivity index (χ0n) is 14.8. The Balaban J connectivity index is 1.91. The molecule has 0 heterocycles. The fourth-order valence-electron chi connectivity index (χ4n) is 2.60. The molecular formula is C19H26NO4+. The van der Waals surface area contributed by atoms with Crippen LogP contribution in [-0.4, -0.2) is 35.0 Å². The van der Waals surface area contributed by atoms with Crippen molar-refractivity contribution in [1.82, 2.24) is 0 Å². The molecule has 0 aromatic heterocycles. The van der Waals surface area contributed by atoms with E-state index in [4.69, 9.17) is 18.9 Å². The maximum absolute atomic E-state index is 5.41. The summed E-state index contributed by atoms with van der Waals surface area (Å²) in [5.74, 6) is 3.26. The lowest BCUT2D eigenvalue weighted by Gasteiger charge is -2.11. The minimum absolute atomic E-state index is 0.756. The molecule has 0 fully saturated rings. The SMILES string of the molecule is COc1ccc(OC)c(C[NH2+]CCc2ccc(OC)c(OC)c2)c1. The van der Waals surface area contributed by atoms with E-state index < -0.39 is 0 Å². The molecule has 2 aromatic carbocycles. The van der Waals surface area contributed by atoms with Gasteiger partial charge in [0.05, 0.1) is 40.5 Å². The van der Waals surface area contributed by atoms with Gasteiger partial charge in [-0.05, 0) is 35.9 Å². The molecule has 0 aliphatic rings. The number of benzene rings is 2. The second-order valence-electron chi connectivity index (χ2n) is 5.40. The van der Waals surface area contributed by atoms with Gasteiger partial charge < -0.3 is 24.3 Å². The van der Waals surface area contributed by atoms with Gasteiger partial charge in [0.1, 0.15) is 18.0 Å². The topological polar surface area (TPSA) is 53.5 Å². The quantitative estimate of drug-likeness (QED) is 0.714.